The maximum atomic E-state index is 12.6. The van der Waals surface area contributed by atoms with E-state index in [-0.39, 0.29) is 11.8 Å². The second kappa shape index (κ2) is 7.17. The number of ether oxygens (including phenoxy) is 2. The summed E-state index contributed by atoms with van der Waals surface area (Å²) >= 11 is 0. The van der Waals surface area contributed by atoms with E-state index in [0.717, 1.165) is 5.56 Å². The van der Waals surface area contributed by atoms with E-state index in [9.17, 15) is 4.79 Å². The molecule has 0 unspecified atom stereocenters. The van der Waals surface area contributed by atoms with Gasteiger partial charge < -0.3 is 14.4 Å². The highest BCUT2D eigenvalue weighted by molar-refractivity contribution is 5.96. The van der Waals surface area contributed by atoms with Gasteiger partial charge in [-0.2, -0.15) is 0 Å². The molecular formula is C16H25NO3. The molecule has 0 aromatic heterocycles. The fourth-order valence-electron chi connectivity index (χ4n) is 2.24. The first kappa shape index (κ1) is 16.3. The Kier molecular flexibility index (Phi) is 5.86. The predicted molar refractivity (Wildman–Crippen MR) is 80.9 cm³/mol. The molecule has 0 atom stereocenters. The highest BCUT2D eigenvalue weighted by Gasteiger charge is 2.21. The summed E-state index contributed by atoms with van der Waals surface area (Å²) in [5.41, 5.74) is 1.68. The summed E-state index contributed by atoms with van der Waals surface area (Å²) in [7, 11) is 3.19. The Morgan fingerprint density at radius 2 is 1.60 bits per heavy atom. The Labute approximate surface area is 121 Å². The minimum absolute atomic E-state index is 0.0413. The zero-order valence-corrected chi connectivity index (χ0v) is 13.3. The third kappa shape index (κ3) is 3.24. The molecule has 1 amide bonds. The van der Waals surface area contributed by atoms with Crippen LogP contribution in [0.25, 0.3) is 0 Å². The van der Waals surface area contributed by atoms with Crippen molar-refractivity contribution in [3.63, 3.8) is 0 Å². The molecular weight excluding hydrogens is 254 g/mol. The monoisotopic (exact) mass is 279 g/mol. The first-order chi connectivity index (χ1) is 9.49. The van der Waals surface area contributed by atoms with Gasteiger partial charge in [0.25, 0.3) is 5.91 Å². The molecule has 112 valence electrons. The Hall–Kier alpha value is -1.71. The third-order valence-electron chi connectivity index (χ3n) is 3.46. The summed E-state index contributed by atoms with van der Waals surface area (Å²) in [6.45, 7) is 9.50. The minimum atomic E-state index is 0.0413. The van der Waals surface area contributed by atoms with Gasteiger partial charge in [0.15, 0.2) is 11.5 Å². The van der Waals surface area contributed by atoms with Crippen molar-refractivity contribution in [3.8, 4) is 11.5 Å². The molecule has 0 aliphatic rings. The van der Waals surface area contributed by atoms with Gasteiger partial charge in [0, 0.05) is 18.7 Å². The molecule has 0 bridgehead atoms. The first-order valence-electron chi connectivity index (χ1n) is 7.05. The van der Waals surface area contributed by atoms with Crippen LogP contribution in [0.15, 0.2) is 12.1 Å². The lowest BCUT2D eigenvalue weighted by Crippen LogP contribution is -2.31. The molecule has 20 heavy (non-hydrogen) atoms. The van der Waals surface area contributed by atoms with Crippen molar-refractivity contribution < 1.29 is 14.3 Å². The van der Waals surface area contributed by atoms with E-state index in [1.807, 2.05) is 24.8 Å². The number of methoxy groups -OCH3 is 2. The highest BCUT2D eigenvalue weighted by atomic mass is 16.5. The average Bonchev–Trinajstić information content (AvgIpc) is 2.46. The minimum Gasteiger partial charge on any atom is -0.493 e. The smallest absolute Gasteiger partial charge is 0.254 e. The Morgan fingerprint density at radius 3 is 2.00 bits per heavy atom. The van der Waals surface area contributed by atoms with Crippen molar-refractivity contribution in [3.05, 3.63) is 23.3 Å². The van der Waals surface area contributed by atoms with Gasteiger partial charge in [0.05, 0.1) is 14.2 Å². The van der Waals surface area contributed by atoms with Gasteiger partial charge in [-0.05, 0) is 37.5 Å². The Morgan fingerprint density at radius 1 is 1.10 bits per heavy atom. The molecule has 1 aromatic carbocycles. The van der Waals surface area contributed by atoms with E-state index in [2.05, 4.69) is 13.8 Å². The highest BCUT2D eigenvalue weighted by Crippen LogP contribution is 2.34. The van der Waals surface area contributed by atoms with E-state index in [0.29, 0.717) is 30.2 Å². The van der Waals surface area contributed by atoms with Gasteiger partial charge in [0.1, 0.15) is 0 Å². The molecule has 1 rings (SSSR count). The summed E-state index contributed by atoms with van der Waals surface area (Å²) in [5.74, 6) is 1.53. The van der Waals surface area contributed by atoms with Crippen molar-refractivity contribution in [1.29, 1.82) is 0 Å². The summed E-state index contributed by atoms with van der Waals surface area (Å²) in [4.78, 5) is 14.4. The number of hydrogen-bond donors (Lipinski definition) is 0. The summed E-state index contributed by atoms with van der Waals surface area (Å²) in [6.07, 6.45) is 0. The van der Waals surface area contributed by atoms with Gasteiger partial charge in [-0.15, -0.1) is 0 Å². The lowest BCUT2D eigenvalue weighted by atomic mass is 9.95. The molecule has 0 aliphatic carbocycles. The predicted octanol–water partition coefficient (Wildman–Crippen LogP) is 3.31. The van der Waals surface area contributed by atoms with Crippen LogP contribution < -0.4 is 9.47 Å². The lowest BCUT2D eigenvalue weighted by molar-refractivity contribution is 0.0771. The normalized spacial score (nSPS) is 10.6. The van der Waals surface area contributed by atoms with Crippen molar-refractivity contribution in [2.45, 2.75) is 33.6 Å². The van der Waals surface area contributed by atoms with Crippen LogP contribution in [0.2, 0.25) is 0 Å². The summed E-state index contributed by atoms with van der Waals surface area (Å²) < 4.78 is 10.6. The SMILES string of the molecule is CCN(CC)C(=O)c1cc(OC)c(OC)cc1C(C)C. The largest absolute Gasteiger partial charge is 0.493 e. The summed E-state index contributed by atoms with van der Waals surface area (Å²) in [6, 6.07) is 3.69. The van der Waals surface area contributed by atoms with Crippen LogP contribution in [0.4, 0.5) is 0 Å². The van der Waals surface area contributed by atoms with Crippen molar-refractivity contribution in [2.75, 3.05) is 27.3 Å². The topological polar surface area (TPSA) is 38.8 Å². The summed E-state index contributed by atoms with van der Waals surface area (Å²) in [5, 5.41) is 0. The number of rotatable bonds is 6. The molecule has 0 spiro atoms. The second-order valence-electron chi connectivity index (χ2n) is 4.93. The zero-order valence-electron chi connectivity index (χ0n) is 13.3. The molecule has 0 N–H and O–H groups in total. The molecule has 1 aromatic rings. The van der Waals surface area contributed by atoms with E-state index in [1.165, 1.54) is 0 Å². The maximum absolute atomic E-state index is 12.6. The molecule has 4 nitrogen and oxygen atoms in total. The number of hydrogen-bond acceptors (Lipinski definition) is 3. The van der Waals surface area contributed by atoms with Crippen LogP contribution >= 0.6 is 0 Å². The molecule has 0 saturated heterocycles. The molecule has 0 saturated carbocycles. The van der Waals surface area contributed by atoms with E-state index >= 15 is 0 Å². The third-order valence-corrected chi connectivity index (χ3v) is 3.46. The quantitative estimate of drug-likeness (QED) is 0.802. The van der Waals surface area contributed by atoms with Crippen molar-refractivity contribution in [2.24, 2.45) is 0 Å². The molecule has 0 fully saturated rings. The van der Waals surface area contributed by atoms with Crippen LogP contribution in [-0.4, -0.2) is 38.1 Å². The molecule has 0 aliphatic heterocycles. The number of carbonyl (C=O) groups excluding carboxylic acids is 1. The fraction of sp³-hybridized carbons (Fsp3) is 0.562. The number of benzene rings is 1. The van der Waals surface area contributed by atoms with E-state index in [1.54, 1.807) is 20.3 Å². The number of nitrogens with zero attached hydrogens (tertiary/aromatic N) is 1. The van der Waals surface area contributed by atoms with Crippen molar-refractivity contribution >= 4 is 5.91 Å². The molecule has 0 heterocycles. The van der Waals surface area contributed by atoms with Gasteiger partial charge in [0.2, 0.25) is 0 Å². The van der Waals surface area contributed by atoms with Crippen LogP contribution in [0, 0.1) is 0 Å². The fourth-order valence-corrected chi connectivity index (χ4v) is 2.24. The maximum Gasteiger partial charge on any atom is 0.254 e. The zero-order chi connectivity index (χ0) is 15.3. The van der Waals surface area contributed by atoms with Crippen LogP contribution in [0.3, 0.4) is 0 Å². The lowest BCUT2D eigenvalue weighted by Gasteiger charge is -2.23. The number of carbonyl (C=O) groups is 1. The number of amides is 1. The van der Waals surface area contributed by atoms with E-state index < -0.39 is 0 Å². The van der Waals surface area contributed by atoms with Gasteiger partial charge in [-0.25, -0.2) is 0 Å². The van der Waals surface area contributed by atoms with Gasteiger partial charge in [-0.3, -0.25) is 4.79 Å². The second-order valence-corrected chi connectivity index (χ2v) is 4.93. The first-order valence-corrected chi connectivity index (χ1v) is 7.05. The van der Waals surface area contributed by atoms with Crippen LogP contribution in [0.1, 0.15) is 49.5 Å². The van der Waals surface area contributed by atoms with Crippen LogP contribution in [0.5, 0.6) is 11.5 Å². The van der Waals surface area contributed by atoms with Gasteiger partial charge in [-0.1, -0.05) is 13.8 Å². The Bertz CT molecular complexity index is 465. The molecule has 0 radical (unpaired) electrons. The molecule has 4 heteroatoms. The Balaban J connectivity index is 3.39. The van der Waals surface area contributed by atoms with Gasteiger partial charge >= 0.3 is 0 Å². The van der Waals surface area contributed by atoms with Crippen LogP contribution in [-0.2, 0) is 0 Å². The average molecular weight is 279 g/mol. The standard InChI is InChI=1S/C16H25NO3/c1-7-17(8-2)16(18)13-10-15(20-6)14(19-5)9-12(13)11(3)4/h9-11H,7-8H2,1-6H3. The van der Waals surface area contributed by atoms with Crippen molar-refractivity contribution in [1.82, 2.24) is 4.90 Å². The van der Waals surface area contributed by atoms with E-state index in [4.69, 9.17) is 9.47 Å².